The van der Waals surface area contributed by atoms with Gasteiger partial charge in [0.15, 0.2) is 0 Å². The predicted molar refractivity (Wildman–Crippen MR) is 79.5 cm³/mol. The molecule has 4 nitrogen and oxygen atoms in total. The van der Waals surface area contributed by atoms with Crippen LogP contribution in [0.2, 0.25) is 0 Å². The van der Waals surface area contributed by atoms with Gasteiger partial charge in [-0.15, -0.1) is 0 Å². The summed E-state index contributed by atoms with van der Waals surface area (Å²) in [5.74, 6) is 1.75. The lowest BCUT2D eigenvalue weighted by molar-refractivity contribution is 0.519. The van der Waals surface area contributed by atoms with E-state index in [1.54, 1.807) is 18.7 Å². The normalized spacial score (nSPS) is 12.6. The molecular formula is C15H14N2O2Si. The van der Waals surface area contributed by atoms with Gasteiger partial charge in [0.25, 0.3) is 0 Å². The molecule has 1 N–H and O–H groups in total. The lowest BCUT2D eigenvalue weighted by Gasteiger charge is -2.06. The molecule has 0 radical (unpaired) electrons. The fraction of sp³-hybridized carbons (Fsp3) is 0. The van der Waals surface area contributed by atoms with Crippen LogP contribution in [0, 0.1) is 0 Å². The molecule has 5 heteroatoms. The van der Waals surface area contributed by atoms with E-state index in [9.17, 15) is 0 Å². The van der Waals surface area contributed by atoms with E-state index in [-0.39, 0.29) is 0 Å². The second kappa shape index (κ2) is 6.07. The van der Waals surface area contributed by atoms with Crippen LogP contribution in [-0.2, 0) is 0 Å². The molecular weight excluding hydrogens is 268 g/mol. The maximum Gasteiger partial charge on any atom is 0.479 e. The number of imidazole rings is 1. The highest BCUT2D eigenvalue weighted by molar-refractivity contribution is 6.63. The summed E-state index contributed by atoms with van der Waals surface area (Å²) < 4.78 is 11.6. The van der Waals surface area contributed by atoms with Gasteiger partial charge in [0, 0.05) is 17.6 Å². The molecule has 0 bridgehead atoms. The number of benzene rings is 2. The third-order valence-corrected chi connectivity index (χ3v) is 4.66. The average molecular weight is 282 g/mol. The summed E-state index contributed by atoms with van der Waals surface area (Å²) in [5.41, 5.74) is 0. The predicted octanol–water partition coefficient (Wildman–Crippen LogP) is 2.00. The first-order valence-electron chi connectivity index (χ1n) is 6.33. The number of nitrogens with one attached hydrogen (secondary N) is 1. The number of aromatic nitrogens is 2. The summed E-state index contributed by atoms with van der Waals surface area (Å²) >= 11 is 0. The van der Waals surface area contributed by atoms with E-state index in [0.29, 0.717) is 0 Å². The van der Waals surface area contributed by atoms with Crippen LogP contribution in [0.5, 0.6) is 11.5 Å². The highest BCUT2D eigenvalue weighted by Gasteiger charge is 2.28. The van der Waals surface area contributed by atoms with Crippen LogP contribution in [0.1, 0.15) is 0 Å². The Labute approximate surface area is 118 Å². The van der Waals surface area contributed by atoms with Crippen molar-refractivity contribution in [2.45, 2.75) is 0 Å². The van der Waals surface area contributed by atoms with Gasteiger partial charge < -0.3 is 13.8 Å². The number of aromatic amines is 1. The fourth-order valence-electron chi connectivity index (χ4n) is 1.86. The molecule has 4 rings (SSSR count). The number of fused-ring (bicyclic) bond motifs is 1. The van der Waals surface area contributed by atoms with Gasteiger partial charge in [-0.3, -0.25) is 0 Å². The Bertz CT molecular complexity index is 602. The quantitative estimate of drug-likeness (QED) is 0.694. The zero-order valence-electron chi connectivity index (χ0n) is 10.8. The molecule has 0 atom stereocenters. The van der Waals surface area contributed by atoms with Crippen molar-refractivity contribution in [3.8, 4) is 11.5 Å². The van der Waals surface area contributed by atoms with E-state index in [0.717, 1.165) is 11.5 Å². The molecule has 0 aliphatic carbocycles. The minimum Gasteiger partial charge on any atom is -0.508 e. The summed E-state index contributed by atoms with van der Waals surface area (Å²) in [7, 11) is -1.73. The van der Waals surface area contributed by atoms with Gasteiger partial charge in [0.2, 0.25) is 0 Å². The van der Waals surface area contributed by atoms with Gasteiger partial charge >= 0.3 is 9.28 Å². The number of hydrogen-bond acceptors (Lipinski definition) is 3. The smallest absolute Gasteiger partial charge is 0.479 e. The third-order valence-electron chi connectivity index (χ3n) is 2.79. The van der Waals surface area contributed by atoms with E-state index in [1.165, 1.54) is 5.19 Å². The molecule has 100 valence electrons. The van der Waals surface area contributed by atoms with E-state index in [2.05, 4.69) is 22.1 Å². The Balaban J connectivity index is 0.000000205. The molecule has 2 aromatic carbocycles. The summed E-state index contributed by atoms with van der Waals surface area (Å²) in [6, 6.07) is 18.0. The molecule has 0 saturated heterocycles. The summed E-state index contributed by atoms with van der Waals surface area (Å²) in [6.45, 7) is 0. The Kier molecular flexibility index (Phi) is 3.80. The zero-order chi connectivity index (χ0) is 13.6. The molecule has 20 heavy (non-hydrogen) atoms. The summed E-state index contributed by atoms with van der Waals surface area (Å²) in [6.07, 6.45) is 5.08. The zero-order valence-corrected chi connectivity index (χ0v) is 11.9. The average Bonchev–Trinajstić information content (AvgIpc) is 3.20. The first-order valence-corrected chi connectivity index (χ1v) is 7.85. The van der Waals surface area contributed by atoms with E-state index in [1.807, 2.05) is 42.5 Å². The molecule has 1 aliphatic rings. The van der Waals surface area contributed by atoms with Crippen molar-refractivity contribution in [1.29, 1.82) is 0 Å². The van der Waals surface area contributed by atoms with E-state index in [4.69, 9.17) is 8.85 Å². The van der Waals surface area contributed by atoms with Crippen molar-refractivity contribution in [3.05, 3.63) is 73.3 Å². The number of para-hydroxylation sites is 2. The molecule has 0 unspecified atom stereocenters. The Morgan fingerprint density at radius 3 is 2.00 bits per heavy atom. The third kappa shape index (κ3) is 2.89. The number of nitrogens with zero attached hydrogens (tertiary/aromatic N) is 1. The minimum absolute atomic E-state index is 0.873. The molecule has 0 spiro atoms. The van der Waals surface area contributed by atoms with Crippen molar-refractivity contribution >= 4 is 14.5 Å². The topological polar surface area (TPSA) is 47.1 Å². The lowest BCUT2D eigenvalue weighted by atomic mass is 10.3. The van der Waals surface area contributed by atoms with Crippen LogP contribution in [0.4, 0.5) is 0 Å². The molecule has 0 amide bonds. The maximum atomic E-state index is 5.81. The second-order valence-corrected chi connectivity index (χ2v) is 5.99. The molecule has 1 aliphatic heterocycles. The number of hydrogen-bond donors (Lipinski definition) is 1. The number of rotatable bonds is 1. The van der Waals surface area contributed by atoms with Gasteiger partial charge in [-0.25, -0.2) is 4.98 Å². The van der Waals surface area contributed by atoms with Crippen LogP contribution in [0.25, 0.3) is 0 Å². The first-order chi connectivity index (χ1) is 9.93. The van der Waals surface area contributed by atoms with Crippen LogP contribution < -0.4 is 14.0 Å². The van der Waals surface area contributed by atoms with Crippen LogP contribution in [0.3, 0.4) is 0 Å². The molecule has 2 heterocycles. The van der Waals surface area contributed by atoms with Crippen LogP contribution in [0.15, 0.2) is 73.3 Å². The van der Waals surface area contributed by atoms with Crippen LogP contribution in [-0.4, -0.2) is 19.3 Å². The lowest BCUT2D eigenvalue weighted by Crippen LogP contribution is -2.38. The standard InChI is InChI=1S/C12H10O2Si.C3H4N2/c1-2-6-10(7-3-1)15-13-11-8-4-5-9-12(11)14-15;1-2-5-3-4-1/h1-9,15H;1-3H,(H,4,5). The highest BCUT2D eigenvalue weighted by atomic mass is 28.3. The van der Waals surface area contributed by atoms with Crippen molar-refractivity contribution in [2.75, 3.05) is 0 Å². The largest absolute Gasteiger partial charge is 0.508 e. The van der Waals surface area contributed by atoms with Crippen molar-refractivity contribution in [3.63, 3.8) is 0 Å². The fourth-order valence-corrected chi connectivity index (χ4v) is 3.57. The van der Waals surface area contributed by atoms with Gasteiger partial charge in [-0.1, -0.05) is 42.5 Å². The van der Waals surface area contributed by atoms with Gasteiger partial charge in [-0.05, 0) is 12.1 Å². The monoisotopic (exact) mass is 282 g/mol. The van der Waals surface area contributed by atoms with Crippen LogP contribution >= 0.6 is 0 Å². The maximum absolute atomic E-state index is 5.81. The van der Waals surface area contributed by atoms with Gasteiger partial charge in [0.05, 0.1) is 6.33 Å². The Hall–Kier alpha value is -2.53. The highest BCUT2D eigenvalue weighted by Crippen LogP contribution is 2.32. The second-order valence-electron chi connectivity index (χ2n) is 4.19. The Morgan fingerprint density at radius 2 is 1.50 bits per heavy atom. The van der Waals surface area contributed by atoms with E-state index >= 15 is 0 Å². The van der Waals surface area contributed by atoms with Crippen molar-refractivity contribution < 1.29 is 8.85 Å². The molecule has 0 saturated carbocycles. The molecule has 3 aromatic rings. The SMILES string of the molecule is c1c[nH]cn1.c1ccc([SiH]2Oc3ccccc3O2)cc1. The van der Waals surface area contributed by atoms with Gasteiger partial charge in [-0.2, -0.15) is 0 Å². The number of H-pyrrole nitrogens is 1. The van der Waals surface area contributed by atoms with E-state index < -0.39 is 9.28 Å². The minimum atomic E-state index is -1.73. The molecule has 0 fully saturated rings. The van der Waals surface area contributed by atoms with Crippen molar-refractivity contribution in [1.82, 2.24) is 9.97 Å². The van der Waals surface area contributed by atoms with Crippen molar-refractivity contribution in [2.24, 2.45) is 0 Å². The summed E-state index contributed by atoms with van der Waals surface area (Å²) in [4.78, 5) is 6.42. The Morgan fingerprint density at radius 1 is 0.850 bits per heavy atom. The summed E-state index contributed by atoms with van der Waals surface area (Å²) in [5, 5.41) is 1.17. The first kappa shape index (κ1) is 12.5. The van der Waals surface area contributed by atoms with Gasteiger partial charge in [0.1, 0.15) is 11.5 Å². The molecule has 1 aromatic heterocycles.